The average Bonchev–Trinajstić information content (AvgIpc) is 2.87. The Kier molecular flexibility index (Phi) is 3.31. The summed E-state index contributed by atoms with van der Waals surface area (Å²) >= 11 is 1.47. The molecule has 2 heterocycles. The van der Waals surface area contributed by atoms with Crippen LogP contribution in [0.5, 0.6) is 5.88 Å². The molecule has 0 spiro atoms. The van der Waals surface area contributed by atoms with Gasteiger partial charge in [-0.25, -0.2) is 4.39 Å². The summed E-state index contributed by atoms with van der Waals surface area (Å²) in [5, 5.41) is 10.0. The first kappa shape index (κ1) is 13.5. The number of aromatic nitrogens is 2. The van der Waals surface area contributed by atoms with E-state index in [1.807, 2.05) is 19.1 Å². The van der Waals surface area contributed by atoms with Crippen molar-refractivity contribution in [1.29, 1.82) is 0 Å². The van der Waals surface area contributed by atoms with E-state index in [9.17, 15) is 14.3 Å². The van der Waals surface area contributed by atoms with E-state index in [1.165, 1.54) is 35.6 Å². The molecule has 0 fully saturated rings. The number of benzene rings is 1. The number of H-pyrrole nitrogens is 1. The maximum atomic E-state index is 12.9. The number of hydrogen-bond donors (Lipinski definition) is 2. The summed E-state index contributed by atoms with van der Waals surface area (Å²) in [6.45, 7) is 1.94. The summed E-state index contributed by atoms with van der Waals surface area (Å²) in [6, 6.07) is 9.04. The Labute approximate surface area is 123 Å². The van der Waals surface area contributed by atoms with Crippen molar-refractivity contribution in [2.45, 2.75) is 6.92 Å². The van der Waals surface area contributed by atoms with Gasteiger partial charge in [-0.1, -0.05) is 12.1 Å². The zero-order chi connectivity index (χ0) is 15.0. The normalized spacial score (nSPS) is 10.8. The Morgan fingerprint density at radius 2 is 1.90 bits per heavy atom. The highest BCUT2D eigenvalue weighted by Crippen LogP contribution is 2.28. The monoisotopic (exact) mass is 302 g/mol. The first-order valence-corrected chi connectivity index (χ1v) is 7.02. The van der Waals surface area contributed by atoms with E-state index in [0.29, 0.717) is 11.4 Å². The summed E-state index contributed by atoms with van der Waals surface area (Å²) in [4.78, 5) is 20.7. The summed E-state index contributed by atoms with van der Waals surface area (Å²) in [5.41, 5.74) is -0.0150. The summed E-state index contributed by atoms with van der Waals surface area (Å²) in [5.74, 6) is -0.457. The van der Waals surface area contributed by atoms with Crippen molar-refractivity contribution in [1.82, 2.24) is 9.97 Å². The van der Waals surface area contributed by atoms with Crippen molar-refractivity contribution in [3.8, 4) is 27.7 Å². The van der Waals surface area contributed by atoms with Gasteiger partial charge in [-0.15, -0.1) is 11.3 Å². The first-order chi connectivity index (χ1) is 10.0. The minimum absolute atomic E-state index is 0.0343. The van der Waals surface area contributed by atoms with Gasteiger partial charge in [0.1, 0.15) is 11.4 Å². The SMILES string of the molecule is Cc1ccc(-c2nc(O)c(-c3ccc(F)cc3)c(=O)[nH]2)s1. The number of rotatable bonds is 2. The van der Waals surface area contributed by atoms with Gasteiger partial charge in [-0.2, -0.15) is 4.98 Å². The minimum atomic E-state index is -0.463. The van der Waals surface area contributed by atoms with Crippen molar-refractivity contribution in [2.75, 3.05) is 0 Å². The predicted molar refractivity (Wildman–Crippen MR) is 80.0 cm³/mol. The maximum Gasteiger partial charge on any atom is 0.262 e. The molecule has 1 aromatic carbocycles. The molecule has 0 bridgehead atoms. The fourth-order valence-corrected chi connectivity index (χ4v) is 2.83. The Morgan fingerprint density at radius 3 is 2.48 bits per heavy atom. The van der Waals surface area contributed by atoms with Crippen LogP contribution in [0, 0.1) is 12.7 Å². The van der Waals surface area contributed by atoms with Crippen LogP contribution in [0.3, 0.4) is 0 Å². The third kappa shape index (κ3) is 2.57. The molecular formula is C15H11FN2O2S. The molecule has 0 aliphatic heterocycles. The Hall–Kier alpha value is -2.47. The van der Waals surface area contributed by atoms with Gasteiger partial charge in [-0.3, -0.25) is 4.79 Å². The van der Waals surface area contributed by atoms with Crippen molar-refractivity contribution in [3.05, 3.63) is 57.4 Å². The quantitative estimate of drug-likeness (QED) is 0.763. The number of aromatic amines is 1. The number of halogens is 1. The Balaban J connectivity index is 2.12. The fraction of sp³-hybridized carbons (Fsp3) is 0.0667. The molecule has 0 radical (unpaired) electrons. The third-order valence-corrected chi connectivity index (χ3v) is 4.01. The van der Waals surface area contributed by atoms with Crippen LogP contribution >= 0.6 is 11.3 Å². The highest BCUT2D eigenvalue weighted by molar-refractivity contribution is 7.15. The molecule has 3 rings (SSSR count). The summed E-state index contributed by atoms with van der Waals surface area (Å²) in [7, 11) is 0. The van der Waals surface area contributed by atoms with E-state index >= 15 is 0 Å². The van der Waals surface area contributed by atoms with Gasteiger partial charge in [0.25, 0.3) is 5.56 Å². The van der Waals surface area contributed by atoms with Gasteiger partial charge in [0.2, 0.25) is 5.88 Å². The molecule has 0 atom stereocenters. The van der Waals surface area contributed by atoms with Crippen LogP contribution in [0.1, 0.15) is 4.88 Å². The molecule has 106 valence electrons. The zero-order valence-corrected chi connectivity index (χ0v) is 11.9. The van der Waals surface area contributed by atoms with Crippen LogP contribution in [0.25, 0.3) is 21.8 Å². The van der Waals surface area contributed by atoms with Crippen molar-refractivity contribution < 1.29 is 9.50 Å². The van der Waals surface area contributed by atoms with Crippen molar-refractivity contribution in [3.63, 3.8) is 0 Å². The molecule has 0 aliphatic rings. The van der Waals surface area contributed by atoms with Gasteiger partial charge >= 0.3 is 0 Å². The van der Waals surface area contributed by atoms with E-state index in [2.05, 4.69) is 9.97 Å². The van der Waals surface area contributed by atoms with E-state index < -0.39 is 11.4 Å². The van der Waals surface area contributed by atoms with Crippen LogP contribution in [0.15, 0.2) is 41.2 Å². The van der Waals surface area contributed by atoms with Gasteiger partial charge in [0, 0.05) is 4.88 Å². The number of nitrogens with zero attached hydrogens (tertiary/aromatic N) is 1. The lowest BCUT2D eigenvalue weighted by Crippen LogP contribution is -2.11. The van der Waals surface area contributed by atoms with Crippen LogP contribution in [0.2, 0.25) is 0 Å². The van der Waals surface area contributed by atoms with E-state index in [-0.39, 0.29) is 11.4 Å². The van der Waals surface area contributed by atoms with E-state index in [0.717, 1.165) is 9.75 Å². The van der Waals surface area contributed by atoms with Crippen LogP contribution in [-0.4, -0.2) is 15.1 Å². The predicted octanol–water partition coefficient (Wildman–Crippen LogP) is 3.32. The van der Waals surface area contributed by atoms with E-state index in [1.54, 1.807) is 0 Å². The largest absolute Gasteiger partial charge is 0.493 e. The molecule has 0 saturated heterocycles. The lowest BCUT2D eigenvalue weighted by atomic mass is 10.1. The molecule has 6 heteroatoms. The molecule has 0 saturated carbocycles. The lowest BCUT2D eigenvalue weighted by Gasteiger charge is -2.05. The third-order valence-electron chi connectivity index (χ3n) is 3.01. The molecular weight excluding hydrogens is 291 g/mol. The smallest absolute Gasteiger partial charge is 0.262 e. The summed E-state index contributed by atoms with van der Waals surface area (Å²) in [6.07, 6.45) is 0. The molecule has 4 nitrogen and oxygen atoms in total. The highest BCUT2D eigenvalue weighted by atomic mass is 32.1. The average molecular weight is 302 g/mol. The van der Waals surface area contributed by atoms with E-state index in [4.69, 9.17) is 0 Å². The maximum absolute atomic E-state index is 12.9. The number of aromatic hydroxyl groups is 1. The number of aryl methyl sites for hydroxylation is 1. The van der Waals surface area contributed by atoms with Gasteiger partial charge < -0.3 is 10.1 Å². The highest BCUT2D eigenvalue weighted by Gasteiger charge is 2.14. The molecule has 3 aromatic rings. The first-order valence-electron chi connectivity index (χ1n) is 6.20. The van der Waals surface area contributed by atoms with Gasteiger partial charge in [-0.05, 0) is 36.8 Å². The number of nitrogens with one attached hydrogen (secondary N) is 1. The second-order valence-corrected chi connectivity index (χ2v) is 5.82. The fourth-order valence-electron chi connectivity index (χ4n) is 2.02. The lowest BCUT2D eigenvalue weighted by molar-refractivity contribution is 0.454. The molecule has 2 aromatic heterocycles. The minimum Gasteiger partial charge on any atom is -0.493 e. The van der Waals surface area contributed by atoms with Crippen molar-refractivity contribution in [2.24, 2.45) is 0 Å². The number of hydrogen-bond acceptors (Lipinski definition) is 4. The molecule has 21 heavy (non-hydrogen) atoms. The van der Waals surface area contributed by atoms with Gasteiger partial charge in [0.05, 0.1) is 4.88 Å². The van der Waals surface area contributed by atoms with Crippen LogP contribution in [-0.2, 0) is 0 Å². The molecule has 0 unspecified atom stereocenters. The standard InChI is InChI=1S/C15H11FN2O2S/c1-8-2-7-11(21-8)13-17-14(19)12(15(20)18-13)9-3-5-10(16)6-4-9/h2-7H,1H3,(H2,17,18,19,20). The topological polar surface area (TPSA) is 66.0 Å². The van der Waals surface area contributed by atoms with Crippen LogP contribution in [0.4, 0.5) is 4.39 Å². The summed E-state index contributed by atoms with van der Waals surface area (Å²) < 4.78 is 12.9. The van der Waals surface area contributed by atoms with Crippen LogP contribution < -0.4 is 5.56 Å². The molecule has 0 amide bonds. The van der Waals surface area contributed by atoms with Crippen molar-refractivity contribution >= 4 is 11.3 Å². The molecule has 0 aliphatic carbocycles. The molecule has 2 N–H and O–H groups in total. The Morgan fingerprint density at radius 1 is 1.19 bits per heavy atom. The zero-order valence-electron chi connectivity index (χ0n) is 11.1. The van der Waals surface area contributed by atoms with Gasteiger partial charge in [0.15, 0.2) is 5.82 Å². The second-order valence-electron chi connectivity index (χ2n) is 4.53. The Bertz CT molecular complexity index is 853. The number of thiophene rings is 1. The second kappa shape index (κ2) is 5.14.